The molecule has 5 N–H and O–H groups in total. The minimum absolute atomic E-state index is 0. The molecule has 0 saturated carbocycles. The van der Waals surface area contributed by atoms with E-state index in [1.807, 2.05) is 0 Å². The molecule has 2 heteroatoms. The van der Waals surface area contributed by atoms with Crippen molar-refractivity contribution in [3.63, 3.8) is 0 Å². The molecule has 76 valence electrons. The van der Waals surface area contributed by atoms with Gasteiger partial charge in [-0.3, -0.25) is 0 Å². The number of nitrogens with two attached hydrogens (primary N) is 1. The number of rotatable bonds is 4. The van der Waals surface area contributed by atoms with Crippen LogP contribution in [0, 0.1) is 5.41 Å². The van der Waals surface area contributed by atoms with Crippen molar-refractivity contribution in [2.45, 2.75) is 59.4 Å². The predicted octanol–water partition coefficient (Wildman–Crippen LogP) is 3.10. The van der Waals surface area contributed by atoms with E-state index in [2.05, 4.69) is 34.6 Å². The maximum Gasteiger partial charge on any atom is 0.0148 e. The highest BCUT2D eigenvalue weighted by atomic mass is 14.7. The van der Waals surface area contributed by atoms with E-state index in [1.54, 1.807) is 0 Å². The van der Waals surface area contributed by atoms with Crippen LogP contribution in [0.5, 0.6) is 0 Å². The summed E-state index contributed by atoms with van der Waals surface area (Å²) in [6, 6.07) is 0. The van der Waals surface area contributed by atoms with Crippen LogP contribution in [0.25, 0.3) is 0 Å². The summed E-state index contributed by atoms with van der Waals surface area (Å²) in [5.74, 6) is 0. The molecule has 0 radical (unpaired) electrons. The van der Waals surface area contributed by atoms with Crippen molar-refractivity contribution < 1.29 is 0 Å². The second kappa shape index (κ2) is 4.83. The molecule has 0 aromatic carbocycles. The van der Waals surface area contributed by atoms with Crippen molar-refractivity contribution in [2.24, 2.45) is 11.1 Å². The summed E-state index contributed by atoms with van der Waals surface area (Å²) >= 11 is 0. The third-order valence-corrected chi connectivity index (χ3v) is 2.90. The minimum atomic E-state index is -0.0534. The molecule has 0 aliphatic heterocycles. The van der Waals surface area contributed by atoms with Gasteiger partial charge in [0.2, 0.25) is 0 Å². The van der Waals surface area contributed by atoms with E-state index in [4.69, 9.17) is 5.73 Å². The third kappa shape index (κ3) is 4.07. The van der Waals surface area contributed by atoms with Crippen molar-refractivity contribution >= 4 is 0 Å². The molecule has 0 heterocycles. The van der Waals surface area contributed by atoms with E-state index in [9.17, 15) is 0 Å². The monoisotopic (exact) mass is 174 g/mol. The van der Waals surface area contributed by atoms with Gasteiger partial charge in [0.1, 0.15) is 0 Å². The van der Waals surface area contributed by atoms with Crippen LogP contribution in [0.3, 0.4) is 0 Å². The summed E-state index contributed by atoms with van der Waals surface area (Å²) in [7, 11) is 0. The van der Waals surface area contributed by atoms with Crippen LogP contribution in [0.1, 0.15) is 53.9 Å². The second-order valence-electron chi connectivity index (χ2n) is 4.71. The Morgan fingerprint density at radius 1 is 1.08 bits per heavy atom. The summed E-state index contributed by atoms with van der Waals surface area (Å²) in [4.78, 5) is 0. The average Bonchev–Trinajstić information content (AvgIpc) is 1.81. The van der Waals surface area contributed by atoms with Gasteiger partial charge in [-0.1, -0.05) is 33.6 Å². The Kier molecular flexibility index (Phi) is 5.81. The summed E-state index contributed by atoms with van der Waals surface area (Å²) < 4.78 is 0. The van der Waals surface area contributed by atoms with Crippen molar-refractivity contribution in [1.82, 2.24) is 6.15 Å². The van der Waals surface area contributed by atoms with Gasteiger partial charge in [0, 0.05) is 5.54 Å². The second-order valence-corrected chi connectivity index (χ2v) is 4.71. The van der Waals surface area contributed by atoms with Gasteiger partial charge in [-0.2, -0.15) is 0 Å². The average molecular weight is 174 g/mol. The molecular weight excluding hydrogens is 148 g/mol. The molecule has 12 heavy (non-hydrogen) atoms. The maximum atomic E-state index is 6.05. The lowest BCUT2D eigenvalue weighted by molar-refractivity contribution is 0.181. The van der Waals surface area contributed by atoms with Crippen LogP contribution in [-0.4, -0.2) is 5.54 Å². The highest BCUT2D eigenvalue weighted by molar-refractivity contribution is 4.89. The largest absolute Gasteiger partial charge is 0.344 e. The van der Waals surface area contributed by atoms with Gasteiger partial charge in [0.15, 0.2) is 0 Å². The van der Waals surface area contributed by atoms with Crippen LogP contribution < -0.4 is 11.9 Å². The fraction of sp³-hybridized carbons (Fsp3) is 1.00. The number of hydrogen-bond donors (Lipinski definition) is 2. The summed E-state index contributed by atoms with van der Waals surface area (Å²) in [6.07, 6.45) is 3.78. The zero-order chi connectivity index (χ0) is 9.12. The zero-order valence-electron chi connectivity index (χ0n) is 9.41. The highest BCUT2D eigenvalue weighted by Crippen LogP contribution is 2.33. The van der Waals surface area contributed by atoms with E-state index in [1.165, 1.54) is 19.3 Å². The Balaban J connectivity index is 0. The lowest BCUT2D eigenvalue weighted by atomic mass is 9.72. The molecule has 0 aliphatic rings. The van der Waals surface area contributed by atoms with Crippen LogP contribution >= 0.6 is 0 Å². The highest BCUT2D eigenvalue weighted by Gasteiger charge is 2.32. The first-order valence-electron chi connectivity index (χ1n) is 4.60. The maximum absolute atomic E-state index is 6.05. The molecule has 0 aromatic heterocycles. The molecular formula is C10H26N2. The standard InChI is InChI=1S/C10H23N.H3N/c1-6-7-8-9(2,3)10(4,5)11;/h6-8,11H2,1-5H3;1H3. The first-order valence-corrected chi connectivity index (χ1v) is 4.60. The normalized spacial score (nSPS) is 12.5. The van der Waals surface area contributed by atoms with Crippen molar-refractivity contribution in [3.05, 3.63) is 0 Å². The van der Waals surface area contributed by atoms with Crippen LogP contribution in [-0.2, 0) is 0 Å². The lowest BCUT2D eigenvalue weighted by Crippen LogP contribution is -2.47. The molecule has 0 fully saturated rings. The van der Waals surface area contributed by atoms with Crippen molar-refractivity contribution in [1.29, 1.82) is 0 Å². The predicted molar refractivity (Wildman–Crippen MR) is 56.6 cm³/mol. The fourth-order valence-corrected chi connectivity index (χ4v) is 0.941. The van der Waals surface area contributed by atoms with Gasteiger partial charge in [-0.15, -0.1) is 0 Å². The van der Waals surface area contributed by atoms with E-state index < -0.39 is 0 Å². The van der Waals surface area contributed by atoms with E-state index >= 15 is 0 Å². The van der Waals surface area contributed by atoms with Crippen LogP contribution in [0.2, 0.25) is 0 Å². The zero-order valence-corrected chi connectivity index (χ0v) is 9.41. The molecule has 0 atom stereocenters. The molecule has 0 saturated heterocycles. The Hall–Kier alpha value is -0.0800. The lowest BCUT2D eigenvalue weighted by Gasteiger charge is -2.38. The molecule has 0 spiro atoms. The van der Waals surface area contributed by atoms with E-state index in [-0.39, 0.29) is 17.1 Å². The topological polar surface area (TPSA) is 61.0 Å². The van der Waals surface area contributed by atoms with Gasteiger partial charge < -0.3 is 11.9 Å². The van der Waals surface area contributed by atoms with Crippen LogP contribution in [0.4, 0.5) is 0 Å². The van der Waals surface area contributed by atoms with Gasteiger partial charge in [-0.25, -0.2) is 0 Å². The molecule has 0 amide bonds. The van der Waals surface area contributed by atoms with E-state index in [0.717, 1.165) is 0 Å². The number of unbranched alkanes of at least 4 members (excludes halogenated alkanes) is 1. The Bertz CT molecular complexity index is 111. The third-order valence-electron chi connectivity index (χ3n) is 2.90. The summed E-state index contributed by atoms with van der Waals surface area (Å²) in [6.45, 7) is 11.0. The van der Waals surface area contributed by atoms with E-state index in [0.29, 0.717) is 0 Å². The summed E-state index contributed by atoms with van der Waals surface area (Å²) in [5, 5.41) is 0. The molecule has 0 unspecified atom stereocenters. The minimum Gasteiger partial charge on any atom is -0.344 e. The Morgan fingerprint density at radius 3 is 1.75 bits per heavy atom. The molecule has 0 bridgehead atoms. The smallest absolute Gasteiger partial charge is 0.0148 e. The Morgan fingerprint density at radius 2 is 1.50 bits per heavy atom. The molecule has 2 nitrogen and oxygen atoms in total. The van der Waals surface area contributed by atoms with Gasteiger partial charge in [0.25, 0.3) is 0 Å². The Labute approximate surface area is 77.5 Å². The molecule has 0 aromatic rings. The quantitative estimate of drug-likeness (QED) is 0.688. The molecule has 0 aliphatic carbocycles. The first kappa shape index (κ1) is 14.4. The van der Waals surface area contributed by atoms with Gasteiger partial charge >= 0.3 is 0 Å². The SMILES string of the molecule is CCCCC(C)(C)C(C)(C)N.N. The first-order chi connectivity index (χ1) is 4.81. The molecule has 0 rings (SSSR count). The van der Waals surface area contributed by atoms with Gasteiger partial charge in [-0.05, 0) is 25.7 Å². The fourth-order valence-electron chi connectivity index (χ4n) is 0.941. The van der Waals surface area contributed by atoms with Crippen molar-refractivity contribution in [3.8, 4) is 0 Å². The van der Waals surface area contributed by atoms with Crippen molar-refractivity contribution in [2.75, 3.05) is 0 Å². The number of hydrogen-bond acceptors (Lipinski definition) is 2. The van der Waals surface area contributed by atoms with Gasteiger partial charge in [0.05, 0.1) is 0 Å². The van der Waals surface area contributed by atoms with Crippen LogP contribution in [0.15, 0.2) is 0 Å². The summed E-state index contributed by atoms with van der Waals surface area (Å²) in [5.41, 5.74) is 6.27.